The second-order valence-corrected chi connectivity index (χ2v) is 5.52. The molecule has 0 aliphatic heterocycles. The number of urea groups is 1. The maximum absolute atomic E-state index is 11.9. The lowest BCUT2D eigenvalue weighted by Gasteiger charge is -2.35. The van der Waals surface area contributed by atoms with Gasteiger partial charge in [-0.15, -0.1) is 6.58 Å². The van der Waals surface area contributed by atoms with E-state index in [0.29, 0.717) is 0 Å². The number of hydrogen-bond acceptors (Lipinski definition) is 2. The van der Waals surface area contributed by atoms with E-state index >= 15 is 0 Å². The van der Waals surface area contributed by atoms with Crippen molar-refractivity contribution in [2.45, 2.75) is 46.2 Å². The second-order valence-electron chi connectivity index (χ2n) is 5.52. The van der Waals surface area contributed by atoms with Gasteiger partial charge < -0.3 is 15.3 Å². The minimum absolute atomic E-state index is 0.00400. The topological polar surface area (TPSA) is 69.6 Å². The third kappa shape index (κ3) is 4.77. The molecule has 0 radical (unpaired) electrons. The van der Waals surface area contributed by atoms with Crippen molar-refractivity contribution >= 4 is 12.0 Å². The predicted molar refractivity (Wildman–Crippen MR) is 71.4 cm³/mol. The molecule has 0 aromatic carbocycles. The summed E-state index contributed by atoms with van der Waals surface area (Å²) in [7, 11) is 1.66. The van der Waals surface area contributed by atoms with Crippen molar-refractivity contribution in [3.63, 3.8) is 0 Å². The minimum atomic E-state index is -1.06. The summed E-state index contributed by atoms with van der Waals surface area (Å²) in [6.45, 7) is 11.5. The summed E-state index contributed by atoms with van der Waals surface area (Å²) >= 11 is 0. The summed E-state index contributed by atoms with van der Waals surface area (Å²) in [6, 6.07) is -1.31. The summed E-state index contributed by atoms with van der Waals surface area (Å²) in [5.74, 6) is -1.06. The lowest BCUT2D eigenvalue weighted by atomic mass is 9.87. The smallest absolute Gasteiger partial charge is 0.326 e. The van der Waals surface area contributed by atoms with Crippen LogP contribution in [-0.4, -0.2) is 41.1 Å². The molecule has 0 bridgehead atoms. The molecule has 0 rings (SSSR count). The van der Waals surface area contributed by atoms with Crippen LogP contribution in [0.15, 0.2) is 12.7 Å². The average molecular weight is 256 g/mol. The number of carboxylic acid groups (broad SMARTS) is 1. The quantitative estimate of drug-likeness (QED) is 0.740. The van der Waals surface area contributed by atoms with Crippen molar-refractivity contribution in [3.05, 3.63) is 12.7 Å². The van der Waals surface area contributed by atoms with Crippen LogP contribution in [0.2, 0.25) is 0 Å². The number of rotatable bonds is 5. The number of aliphatic carboxylic acids is 1. The van der Waals surface area contributed by atoms with E-state index in [1.165, 1.54) is 11.0 Å². The Balaban J connectivity index is 4.65. The molecule has 18 heavy (non-hydrogen) atoms. The summed E-state index contributed by atoms with van der Waals surface area (Å²) in [6.07, 6.45) is 1.69. The van der Waals surface area contributed by atoms with Gasteiger partial charge in [0.25, 0.3) is 0 Å². The van der Waals surface area contributed by atoms with Gasteiger partial charge in [-0.1, -0.05) is 26.8 Å². The maximum Gasteiger partial charge on any atom is 0.326 e. The van der Waals surface area contributed by atoms with Gasteiger partial charge in [0.1, 0.15) is 6.04 Å². The van der Waals surface area contributed by atoms with Crippen LogP contribution in [0.1, 0.15) is 34.1 Å². The number of carboxylic acids is 1. The number of carbonyl (C=O) groups excluding carboxylic acids is 1. The monoisotopic (exact) mass is 256 g/mol. The zero-order chi connectivity index (χ0) is 14.5. The fourth-order valence-electron chi connectivity index (χ4n) is 1.40. The van der Waals surface area contributed by atoms with Crippen molar-refractivity contribution in [2.75, 3.05) is 7.05 Å². The minimum Gasteiger partial charge on any atom is -0.480 e. The molecule has 0 fully saturated rings. The van der Waals surface area contributed by atoms with E-state index in [0.717, 1.165) is 0 Å². The number of hydrogen-bond donors (Lipinski definition) is 2. The second kappa shape index (κ2) is 6.42. The van der Waals surface area contributed by atoms with Crippen molar-refractivity contribution < 1.29 is 14.7 Å². The molecule has 0 heterocycles. The third-order valence-electron chi connectivity index (χ3n) is 3.15. The van der Waals surface area contributed by atoms with Crippen LogP contribution in [0, 0.1) is 5.41 Å². The SMILES string of the molecule is C=CCC(NC(=O)N(C)C(C)C(C)(C)C)C(=O)O. The molecule has 0 aromatic heterocycles. The molecule has 0 saturated heterocycles. The fourth-order valence-corrected chi connectivity index (χ4v) is 1.40. The zero-order valence-corrected chi connectivity index (χ0v) is 11.9. The highest BCUT2D eigenvalue weighted by molar-refractivity contribution is 5.82. The largest absolute Gasteiger partial charge is 0.480 e. The molecule has 0 saturated carbocycles. The molecule has 0 aliphatic carbocycles. The Hall–Kier alpha value is -1.52. The zero-order valence-electron chi connectivity index (χ0n) is 11.9. The Kier molecular flexibility index (Phi) is 5.88. The van der Waals surface area contributed by atoms with Crippen molar-refractivity contribution in [2.24, 2.45) is 5.41 Å². The van der Waals surface area contributed by atoms with E-state index in [4.69, 9.17) is 5.11 Å². The predicted octanol–water partition coefficient (Wildman–Crippen LogP) is 2.09. The molecule has 5 nitrogen and oxygen atoms in total. The molecule has 5 heteroatoms. The highest BCUT2D eigenvalue weighted by Crippen LogP contribution is 2.22. The first-order valence-corrected chi connectivity index (χ1v) is 5.98. The first-order valence-electron chi connectivity index (χ1n) is 5.98. The van der Waals surface area contributed by atoms with E-state index in [1.807, 2.05) is 27.7 Å². The molecule has 2 unspecified atom stereocenters. The number of amides is 2. The Morgan fingerprint density at radius 1 is 1.44 bits per heavy atom. The average Bonchev–Trinajstić information content (AvgIpc) is 2.24. The van der Waals surface area contributed by atoms with Crippen LogP contribution in [0.25, 0.3) is 0 Å². The van der Waals surface area contributed by atoms with E-state index in [9.17, 15) is 9.59 Å². The lowest BCUT2D eigenvalue weighted by Crippen LogP contribution is -2.51. The Labute approximate surface area is 109 Å². The Morgan fingerprint density at radius 2 is 1.94 bits per heavy atom. The summed E-state index contributed by atoms with van der Waals surface area (Å²) in [5, 5.41) is 11.4. The Bertz CT molecular complexity index is 321. The summed E-state index contributed by atoms with van der Waals surface area (Å²) < 4.78 is 0. The standard InChI is InChI=1S/C13H24N2O3/c1-7-8-10(11(16)17)14-12(18)15(6)9(2)13(3,4)5/h7,9-10H,1,8H2,2-6H3,(H,14,18)(H,16,17). The van der Waals surface area contributed by atoms with Crippen LogP contribution in [-0.2, 0) is 4.79 Å². The van der Waals surface area contributed by atoms with Crippen LogP contribution >= 0.6 is 0 Å². The van der Waals surface area contributed by atoms with Gasteiger partial charge in [-0.3, -0.25) is 0 Å². The first kappa shape index (κ1) is 16.5. The molecular weight excluding hydrogens is 232 g/mol. The third-order valence-corrected chi connectivity index (χ3v) is 3.15. The van der Waals surface area contributed by atoms with Gasteiger partial charge in [-0.2, -0.15) is 0 Å². The fraction of sp³-hybridized carbons (Fsp3) is 0.692. The van der Waals surface area contributed by atoms with Gasteiger partial charge in [0.15, 0.2) is 0 Å². The van der Waals surface area contributed by atoms with Crippen molar-refractivity contribution in [1.29, 1.82) is 0 Å². The molecule has 2 atom stereocenters. The highest BCUT2D eigenvalue weighted by Gasteiger charge is 2.29. The molecule has 104 valence electrons. The van der Waals surface area contributed by atoms with Gasteiger partial charge in [0.2, 0.25) is 0 Å². The van der Waals surface area contributed by atoms with E-state index in [2.05, 4.69) is 11.9 Å². The number of nitrogens with one attached hydrogen (secondary N) is 1. The van der Waals surface area contributed by atoms with E-state index < -0.39 is 12.0 Å². The molecule has 0 aliphatic rings. The molecule has 0 spiro atoms. The number of nitrogens with zero attached hydrogens (tertiary/aromatic N) is 1. The summed E-state index contributed by atoms with van der Waals surface area (Å²) in [4.78, 5) is 24.4. The summed E-state index contributed by atoms with van der Waals surface area (Å²) in [5.41, 5.74) is -0.0662. The van der Waals surface area contributed by atoms with Crippen LogP contribution < -0.4 is 5.32 Å². The molecular formula is C13H24N2O3. The normalized spacial score (nSPS) is 14.5. The van der Waals surface area contributed by atoms with Crippen LogP contribution in [0.3, 0.4) is 0 Å². The van der Waals surface area contributed by atoms with Gasteiger partial charge in [-0.05, 0) is 18.8 Å². The number of carbonyl (C=O) groups is 2. The Morgan fingerprint density at radius 3 is 2.28 bits per heavy atom. The van der Waals surface area contributed by atoms with Crippen molar-refractivity contribution in [1.82, 2.24) is 10.2 Å². The maximum atomic E-state index is 11.9. The first-order chi connectivity index (χ1) is 8.11. The van der Waals surface area contributed by atoms with E-state index in [-0.39, 0.29) is 23.9 Å². The van der Waals surface area contributed by atoms with E-state index in [1.54, 1.807) is 7.05 Å². The van der Waals surface area contributed by atoms with Gasteiger partial charge in [0, 0.05) is 13.1 Å². The van der Waals surface area contributed by atoms with Crippen LogP contribution in [0.4, 0.5) is 4.79 Å². The van der Waals surface area contributed by atoms with Gasteiger partial charge in [0.05, 0.1) is 0 Å². The molecule has 0 aromatic rings. The highest BCUT2D eigenvalue weighted by atomic mass is 16.4. The molecule has 2 N–H and O–H groups in total. The van der Waals surface area contributed by atoms with Gasteiger partial charge >= 0.3 is 12.0 Å². The molecule has 2 amide bonds. The lowest BCUT2D eigenvalue weighted by molar-refractivity contribution is -0.139. The van der Waals surface area contributed by atoms with Crippen molar-refractivity contribution in [3.8, 4) is 0 Å². The van der Waals surface area contributed by atoms with Crippen LogP contribution in [0.5, 0.6) is 0 Å². The van der Waals surface area contributed by atoms with Gasteiger partial charge in [-0.25, -0.2) is 9.59 Å².